The lowest BCUT2D eigenvalue weighted by molar-refractivity contribution is 0.102. The summed E-state index contributed by atoms with van der Waals surface area (Å²) in [6.07, 6.45) is 1.71. The summed E-state index contributed by atoms with van der Waals surface area (Å²) in [5.74, 6) is -0.199. The number of nitrogens with one attached hydrogen (secondary N) is 1. The second kappa shape index (κ2) is 6.63. The highest BCUT2D eigenvalue weighted by Crippen LogP contribution is 2.27. The molecule has 4 aromatic rings. The Kier molecular flexibility index (Phi) is 4.17. The molecule has 122 valence electrons. The summed E-state index contributed by atoms with van der Waals surface area (Å²) < 4.78 is 0. The van der Waals surface area contributed by atoms with Gasteiger partial charge < -0.3 is 0 Å². The van der Waals surface area contributed by atoms with Gasteiger partial charge in [-0.2, -0.15) is 0 Å². The average molecular weight is 366 g/mol. The molecule has 1 N–H and O–H groups in total. The van der Waals surface area contributed by atoms with Gasteiger partial charge in [0.1, 0.15) is 0 Å². The molecule has 2 aromatic carbocycles. The monoisotopic (exact) mass is 365 g/mol. The summed E-state index contributed by atoms with van der Waals surface area (Å²) in [6.45, 7) is 0. The largest absolute Gasteiger partial charge is 0.298 e. The number of hydrogen-bond acceptors (Lipinski definition) is 4. The van der Waals surface area contributed by atoms with E-state index in [0.29, 0.717) is 15.7 Å². The number of carbonyl (C=O) groups is 1. The number of carbonyl (C=O) groups excluding carboxylic acids is 1. The van der Waals surface area contributed by atoms with E-state index in [4.69, 9.17) is 11.6 Å². The van der Waals surface area contributed by atoms with Crippen LogP contribution in [0.5, 0.6) is 0 Å². The van der Waals surface area contributed by atoms with Crippen molar-refractivity contribution in [3.63, 3.8) is 0 Å². The molecule has 0 bridgehead atoms. The van der Waals surface area contributed by atoms with E-state index in [1.165, 1.54) is 11.3 Å². The van der Waals surface area contributed by atoms with Crippen LogP contribution in [0.3, 0.4) is 0 Å². The van der Waals surface area contributed by atoms with Gasteiger partial charge in [0.15, 0.2) is 5.13 Å². The molecule has 0 fully saturated rings. The first-order valence-corrected chi connectivity index (χ1v) is 8.83. The SMILES string of the molecule is O=C(Nc1nc(-c2ccc(Cl)cc2)cs1)c1cccc2ncccc12. The van der Waals surface area contributed by atoms with Gasteiger partial charge in [0.2, 0.25) is 0 Å². The van der Waals surface area contributed by atoms with E-state index in [2.05, 4.69) is 15.3 Å². The standard InChI is InChI=1S/C19H12ClN3OS/c20-13-8-6-12(7-9-13)17-11-25-19(22-17)23-18(24)15-3-1-5-16-14(15)4-2-10-21-16/h1-11H,(H,22,23,24). The highest BCUT2D eigenvalue weighted by molar-refractivity contribution is 7.14. The third kappa shape index (κ3) is 3.24. The topological polar surface area (TPSA) is 54.9 Å². The summed E-state index contributed by atoms with van der Waals surface area (Å²) in [5, 5.41) is 6.82. The normalized spacial score (nSPS) is 10.8. The van der Waals surface area contributed by atoms with Gasteiger partial charge in [0.05, 0.1) is 11.2 Å². The van der Waals surface area contributed by atoms with Crippen molar-refractivity contribution in [2.75, 3.05) is 5.32 Å². The molecule has 0 aliphatic carbocycles. The Labute approximate surface area is 153 Å². The Morgan fingerprint density at radius 1 is 1.04 bits per heavy atom. The number of hydrogen-bond donors (Lipinski definition) is 1. The first kappa shape index (κ1) is 15.7. The summed E-state index contributed by atoms with van der Waals surface area (Å²) >= 11 is 7.29. The number of anilines is 1. The Morgan fingerprint density at radius 2 is 1.88 bits per heavy atom. The van der Waals surface area contributed by atoms with Gasteiger partial charge >= 0.3 is 0 Å². The van der Waals surface area contributed by atoms with E-state index in [9.17, 15) is 4.79 Å². The quantitative estimate of drug-likeness (QED) is 0.538. The van der Waals surface area contributed by atoms with Crippen molar-refractivity contribution in [3.8, 4) is 11.3 Å². The molecule has 0 spiro atoms. The van der Waals surface area contributed by atoms with Crippen LogP contribution in [0.2, 0.25) is 5.02 Å². The smallest absolute Gasteiger partial charge is 0.258 e. The van der Waals surface area contributed by atoms with E-state index in [1.807, 2.05) is 53.9 Å². The molecule has 2 aromatic heterocycles. The van der Waals surface area contributed by atoms with Crippen molar-refractivity contribution < 1.29 is 4.79 Å². The molecular weight excluding hydrogens is 354 g/mol. The molecule has 4 rings (SSSR count). The molecule has 0 atom stereocenters. The summed E-state index contributed by atoms with van der Waals surface area (Å²) in [7, 11) is 0. The van der Waals surface area contributed by atoms with Gasteiger partial charge in [-0.1, -0.05) is 35.9 Å². The minimum absolute atomic E-state index is 0.199. The van der Waals surface area contributed by atoms with Crippen molar-refractivity contribution in [1.29, 1.82) is 0 Å². The zero-order chi connectivity index (χ0) is 17.2. The Hall–Kier alpha value is -2.76. The number of aromatic nitrogens is 2. The van der Waals surface area contributed by atoms with Crippen LogP contribution in [0.25, 0.3) is 22.2 Å². The minimum atomic E-state index is -0.199. The second-order valence-electron chi connectivity index (χ2n) is 5.37. The number of rotatable bonds is 3. The van der Waals surface area contributed by atoms with E-state index in [0.717, 1.165) is 22.2 Å². The number of thiazole rings is 1. The van der Waals surface area contributed by atoms with E-state index in [-0.39, 0.29) is 5.91 Å². The maximum absolute atomic E-state index is 12.6. The first-order valence-electron chi connectivity index (χ1n) is 7.57. The third-order valence-corrected chi connectivity index (χ3v) is 4.76. The number of pyridine rings is 1. The lowest BCUT2D eigenvalue weighted by Crippen LogP contribution is -2.12. The fourth-order valence-electron chi connectivity index (χ4n) is 2.55. The second-order valence-corrected chi connectivity index (χ2v) is 6.67. The molecule has 0 radical (unpaired) electrons. The van der Waals surface area contributed by atoms with Crippen LogP contribution in [-0.2, 0) is 0 Å². The van der Waals surface area contributed by atoms with Gasteiger partial charge in [-0.3, -0.25) is 15.1 Å². The highest BCUT2D eigenvalue weighted by atomic mass is 35.5. The third-order valence-electron chi connectivity index (χ3n) is 3.75. The predicted octanol–water partition coefficient (Wildman–Crippen LogP) is 5.26. The van der Waals surface area contributed by atoms with Crippen molar-refractivity contribution in [2.45, 2.75) is 0 Å². The molecule has 0 saturated carbocycles. The lowest BCUT2D eigenvalue weighted by atomic mass is 10.1. The van der Waals surface area contributed by atoms with Crippen molar-refractivity contribution in [1.82, 2.24) is 9.97 Å². The first-order chi connectivity index (χ1) is 12.2. The maximum atomic E-state index is 12.6. The molecule has 0 aliphatic rings. The zero-order valence-corrected chi connectivity index (χ0v) is 14.5. The summed E-state index contributed by atoms with van der Waals surface area (Å²) in [5.41, 5.74) is 3.12. The number of benzene rings is 2. The lowest BCUT2D eigenvalue weighted by Gasteiger charge is -2.05. The van der Waals surface area contributed by atoms with Gasteiger partial charge in [-0.15, -0.1) is 11.3 Å². The minimum Gasteiger partial charge on any atom is -0.298 e. The van der Waals surface area contributed by atoms with Crippen LogP contribution in [0.15, 0.2) is 66.2 Å². The molecule has 25 heavy (non-hydrogen) atoms. The molecule has 2 heterocycles. The molecular formula is C19H12ClN3OS. The van der Waals surface area contributed by atoms with Crippen LogP contribution in [0.4, 0.5) is 5.13 Å². The van der Waals surface area contributed by atoms with Crippen LogP contribution < -0.4 is 5.32 Å². The van der Waals surface area contributed by atoms with Crippen molar-refractivity contribution in [2.24, 2.45) is 0 Å². The molecule has 0 saturated heterocycles. The molecule has 4 nitrogen and oxygen atoms in total. The average Bonchev–Trinajstić information content (AvgIpc) is 3.10. The van der Waals surface area contributed by atoms with Crippen LogP contribution >= 0.6 is 22.9 Å². The van der Waals surface area contributed by atoms with E-state index in [1.54, 1.807) is 12.3 Å². The fourth-order valence-corrected chi connectivity index (χ4v) is 3.39. The van der Waals surface area contributed by atoms with E-state index >= 15 is 0 Å². The molecule has 0 aliphatic heterocycles. The van der Waals surface area contributed by atoms with Crippen molar-refractivity contribution >= 4 is 44.9 Å². The van der Waals surface area contributed by atoms with Gasteiger partial charge in [0, 0.05) is 33.1 Å². The number of halogens is 1. The highest BCUT2D eigenvalue weighted by Gasteiger charge is 2.13. The predicted molar refractivity (Wildman–Crippen MR) is 102 cm³/mol. The number of fused-ring (bicyclic) bond motifs is 1. The van der Waals surface area contributed by atoms with E-state index < -0.39 is 0 Å². The summed E-state index contributed by atoms with van der Waals surface area (Å²) in [6, 6.07) is 16.6. The summed E-state index contributed by atoms with van der Waals surface area (Å²) in [4.78, 5) is 21.4. The Morgan fingerprint density at radius 3 is 2.72 bits per heavy atom. The zero-order valence-electron chi connectivity index (χ0n) is 12.9. The van der Waals surface area contributed by atoms with Crippen LogP contribution in [-0.4, -0.2) is 15.9 Å². The van der Waals surface area contributed by atoms with Gasteiger partial charge in [0.25, 0.3) is 5.91 Å². The molecule has 0 unspecified atom stereocenters. The van der Waals surface area contributed by atoms with Gasteiger partial charge in [-0.05, 0) is 30.3 Å². The van der Waals surface area contributed by atoms with Crippen LogP contribution in [0.1, 0.15) is 10.4 Å². The fraction of sp³-hybridized carbons (Fsp3) is 0. The van der Waals surface area contributed by atoms with Crippen molar-refractivity contribution in [3.05, 3.63) is 76.8 Å². The Bertz CT molecular complexity index is 1050. The molecule has 1 amide bonds. The number of amides is 1. The maximum Gasteiger partial charge on any atom is 0.258 e. The van der Waals surface area contributed by atoms with Crippen LogP contribution in [0, 0.1) is 0 Å². The number of nitrogens with zero attached hydrogens (tertiary/aromatic N) is 2. The molecule has 6 heteroatoms. The van der Waals surface area contributed by atoms with Gasteiger partial charge in [-0.25, -0.2) is 4.98 Å². The Balaban J connectivity index is 1.60.